The highest BCUT2D eigenvalue weighted by atomic mass is 16.4. The van der Waals surface area contributed by atoms with Gasteiger partial charge < -0.3 is 5.11 Å². The number of aromatic carboxylic acids is 1. The summed E-state index contributed by atoms with van der Waals surface area (Å²) in [5.41, 5.74) is -2.61. The van der Waals surface area contributed by atoms with Crippen molar-refractivity contribution in [3.63, 3.8) is 0 Å². The number of carbonyl (C=O) groups is 1. The molecule has 1 aromatic heterocycles. The van der Waals surface area contributed by atoms with Gasteiger partial charge in [0.15, 0.2) is 0 Å². The summed E-state index contributed by atoms with van der Waals surface area (Å²) in [7, 11) is 1.22. The van der Waals surface area contributed by atoms with E-state index in [1.165, 1.54) is 25.2 Å². The quantitative estimate of drug-likeness (QED) is 0.787. The minimum Gasteiger partial charge on any atom is -0.476 e. The Bertz CT molecular complexity index is 857. The van der Waals surface area contributed by atoms with E-state index in [1.54, 1.807) is 6.07 Å². The molecule has 0 spiro atoms. The van der Waals surface area contributed by atoms with Crippen molar-refractivity contribution in [2.24, 2.45) is 7.05 Å². The number of para-hydroxylation sites is 1. The Hall–Kier alpha value is -3.21. The predicted octanol–water partition coefficient (Wildman–Crippen LogP) is -0.499. The predicted molar refractivity (Wildman–Crippen MR) is 66.7 cm³/mol. The minimum absolute atomic E-state index is 0.0190. The van der Waals surface area contributed by atoms with E-state index in [4.69, 9.17) is 10.4 Å². The zero-order chi connectivity index (χ0) is 14.9. The summed E-state index contributed by atoms with van der Waals surface area (Å²) in [6.45, 7) is 0. The first-order chi connectivity index (χ1) is 9.47. The normalized spacial score (nSPS) is 10.0. The van der Waals surface area contributed by atoms with Crippen LogP contribution < -0.4 is 11.2 Å². The zero-order valence-electron chi connectivity index (χ0n) is 10.3. The molecule has 0 atom stereocenters. The van der Waals surface area contributed by atoms with Gasteiger partial charge in [-0.15, -0.1) is 0 Å². The molecule has 0 radical (unpaired) electrons. The van der Waals surface area contributed by atoms with Gasteiger partial charge in [-0.05, 0) is 12.1 Å². The number of hydrogen-bond donors (Lipinski definition) is 1. The maximum absolute atomic E-state index is 12.0. The molecule has 0 unspecified atom stereocenters. The zero-order valence-corrected chi connectivity index (χ0v) is 10.3. The van der Waals surface area contributed by atoms with Crippen LogP contribution in [0.2, 0.25) is 0 Å². The number of carboxylic acid groups (broad SMARTS) is 1. The molecule has 0 aliphatic carbocycles. The molecule has 0 saturated carbocycles. The van der Waals surface area contributed by atoms with Crippen LogP contribution in [0.5, 0.6) is 0 Å². The molecule has 100 valence electrons. The SMILES string of the molecule is Cn1nc(C(=O)O)c(=O)n(-c2ccccc2C#N)c1=O. The number of carboxylic acids is 1. The van der Waals surface area contributed by atoms with Gasteiger partial charge in [-0.3, -0.25) is 4.79 Å². The van der Waals surface area contributed by atoms with E-state index in [9.17, 15) is 14.4 Å². The molecule has 0 aliphatic heterocycles. The van der Waals surface area contributed by atoms with E-state index in [0.29, 0.717) is 4.57 Å². The number of rotatable bonds is 2. The Morgan fingerprint density at radius 1 is 1.35 bits per heavy atom. The number of nitriles is 1. The summed E-state index contributed by atoms with van der Waals surface area (Å²) in [4.78, 5) is 35.0. The Balaban J connectivity index is 2.95. The lowest BCUT2D eigenvalue weighted by Crippen LogP contribution is -2.43. The number of nitrogens with zero attached hydrogens (tertiary/aromatic N) is 4. The summed E-state index contributed by atoms with van der Waals surface area (Å²) in [5.74, 6) is -1.55. The Kier molecular flexibility index (Phi) is 3.18. The van der Waals surface area contributed by atoms with E-state index < -0.39 is 22.9 Å². The van der Waals surface area contributed by atoms with Crippen LogP contribution in [0.3, 0.4) is 0 Å². The van der Waals surface area contributed by atoms with E-state index in [1.807, 2.05) is 6.07 Å². The maximum atomic E-state index is 12.0. The largest absolute Gasteiger partial charge is 0.476 e. The van der Waals surface area contributed by atoms with Crippen LogP contribution in [0.25, 0.3) is 5.69 Å². The van der Waals surface area contributed by atoms with Crippen molar-refractivity contribution in [1.29, 1.82) is 5.26 Å². The van der Waals surface area contributed by atoms with Gasteiger partial charge in [0.2, 0.25) is 5.69 Å². The molecule has 8 nitrogen and oxygen atoms in total. The molecular weight excluding hydrogens is 264 g/mol. The number of benzene rings is 1. The van der Waals surface area contributed by atoms with Crippen LogP contribution in [0.4, 0.5) is 0 Å². The fourth-order valence-corrected chi connectivity index (χ4v) is 1.68. The van der Waals surface area contributed by atoms with Crippen LogP contribution in [-0.4, -0.2) is 25.4 Å². The molecule has 1 N–H and O–H groups in total. The first-order valence-corrected chi connectivity index (χ1v) is 5.40. The first kappa shape index (κ1) is 13.2. The third-order valence-corrected chi connectivity index (χ3v) is 2.59. The molecule has 0 aliphatic rings. The summed E-state index contributed by atoms with van der Waals surface area (Å²) in [5, 5.41) is 21.3. The van der Waals surface area contributed by atoms with Crippen molar-refractivity contribution in [2.45, 2.75) is 0 Å². The van der Waals surface area contributed by atoms with Crippen molar-refractivity contribution in [2.75, 3.05) is 0 Å². The fraction of sp³-hybridized carbons (Fsp3) is 0.0833. The molecule has 1 heterocycles. The average molecular weight is 272 g/mol. The van der Waals surface area contributed by atoms with Crippen LogP contribution in [0, 0.1) is 11.3 Å². The van der Waals surface area contributed by atoms with Gasteiger partial charge in [-0.25, -0.2) is 18.8 Å². The molecule has 1 aromatic carbocycles. The van der Waals surface area contributed by atoms with Gasteiger partial charge in [-0.1, -0.05) is 12.1 Å². The third kappa shape index (κ3) is 1.97. The monoisotopic (exact) mass is 272 g/mol. The second-order valence-electron chi connectivity index (χ2n) is 3.83. The van der Waals surface area contributed by atoms with E-state index in [-0.39, 0.29) is 11.3 Å². The van der Waals surface area contributed by atoms with Crippen LogP contribution in [0.1, 0.15) is 16.1 Å². The number of hydrogen-bond acceptors (Lipinski definition) is 5. The second-order valence-corrected chi connectivity index (χ2v) is 3.83. The van der Waals surface area contributed by atoms with Crippen LogP contribution >= 0.6 is 0 Å². The van der Waals surface area contributed by atoms with Gasteiger partial charge in [0, 0.05) is 7.05 Å². The molecular formula is C12H8N4O4. The molecule has 0 amide bonds. The smallest absolute Gasteiger partial charge is 0.362 e. The molecule has 2 rings (SSSR count). The van der Waals surface area contributed by atoms with Crippen LogP contribution in [0.15, 0.2) is 33.9 Å². The lowest BCUT2D eigenvalue weighted by molar-refractivity contribution is 0.0684. The van der Waals surface area contributed by atoms with Gasteiger partial charge in [-0.2, -0.15) is 10.4 Å². The highest BCUT2D eigenvalue weighted by Crippen LogP contribution is 2.09. The van der Waals surface area contributed by atoms with E-state index in [0.717, 1.165) is 4.68 Å². The molecule has 0 bridgehead atoms. The summed E-state index contributed by atoms with van der Waals surface area (Å²) < 4.78 is 1.36. The van der Waals surface area contributed by atoms with E-state index in [2.05, 4.69) is 5.10 Å². The Morgan fingerprint density at radius 2 is 2.00 bits per heavy atom. The average Bonchev–Trinajstić information content (AvgIpc) is 2.43. The lowest BCUT2D eigenvalue weighted by Gasteiger charge is -2.08. The van der Waals surface area contributed by atoms with Crippen molar-refractivity contribution in [1.82, 2.24) is 14.3 Å². The van der Waals surface area contributed by atoms with Gasteiger partial charge in [0.05, 0.1) is 11.3 Å². The third-order valence-electron chi connectivity index (χ3n) is 2.59. The van der Waals surface area contributed by atoms with Crippen molar-refractivity contribution in [3.8, 4) is 11.8 Å². The Labute approximate surface area is 111 Å². The molecule has 20 heavy (non-hydrogen) atoms. The Morgan fingerprint density at radius 3 is 2.60 bits per heavy atom. The van der Waals surface area contributed by atoms with Gasteiger partial charge >= 0.3 is 11.7 Å². The summed E-state index contributed by atoms with van der Waals surface area (Å²) in [6, 6.07) is 7.74. The highest BCUT2D eigenvalue weighted by molar-refractivity contribution is 5.84. The topological polar surface area (TPSA) is 118 Å². The van der Waals surface area contributed by atoms with Gasteiger partial charge in [0.25, 0.3) is 5.56 Å². The number of aryl methyl sites for hydroxylation is 1. The van der Waals surface area contributed by atoms with Crippen molar-refractivity contribution in [3.05, 3.63) is 56.4 Å². The summed E-state index contributed by atoms with van der Waals surface area (Å²) >= 11 is 0. The molecule has 0 saturated heterocycles. The molecule has 8 heteroatoms. The fourth-order valence-electron chi connectivity index (χ4n) is 1.68. The van der Waals surface area contributed by atoms with Crippen LogP contribution in [-0.2, 0) is 7.05 Å². The van der Waals surface area contributed by atoms with Crippen molar-refractivity contribution < 1.29 is 9.90 Å². The first-order valence-electron chi connectivity index (χ1n) is 5.40. The second kappa shape index (κ2) is 4.81. The lowest BCUT2D eigenvalue weighted by atomic mass is 10.2. The van der Waals surface area contributed by atoms with Crippen molar-refractivity contribution >= 4 is 5.97 Å². The minimum atomic E-state index is -1.55. The maximum Gasteiger partial charge on any atom is 0.362 e. The number of aromatic nitrogens is 3. The highest BCUT2D eigenvalue weighted by Gasteiger charge is 2.19. The molecule has 0 fully saturated rings. The molecule has 2 aromatic rings. The van der Waals surface area contributed by atoms with E-state index >= 15 is 0 Å². The van der Waals surface area contributed by atoms with Gasteiger partial charge in [0.1, 0.15) is 6.07 Å². The summed E-state index contributed by atoms with van der Waals surface area (Å²) in [6.07, 6.45) is 0. The standard InChI is InChI=1S/C12H8N4O4/c1-15-12(20)16(10(17)9(14-15)11(18)19)8-5-3-2-4-7(8)6-13/h2-5H,1H3,(H,18,19).